The number of carbonyl (C=O) groups excluding carboxylic acids is 1. The molecular weight excluding hydrogens is 320 g/mol. The first-order valence-corrected chi connectivity index (χ1v) is 8.08. The molecule has 7 nitrogen and oxygen atoms in total. The Kier molecular flexibility index (Phi) is 4.07. The van der Waals surface area contributed by atoms with Crippen LogP contribution >= 0.6 is 0 Å². The smallest absolute Gasteiger partial charge is 0.255 e. The third kappa shape index (κ3) is 2.83. The zero-order chi connectivity index (χ0) is 17.2. The van der Waals surface area contributed by atoms with Crippen LogP contribution in [-0.2, 0) is 11.3 Å². The lowest BCUT2D eigenvalue weighted by Gasteiger charge is -2.26. The van der Waals surface area contributed by atoms with Gasteiger partial charge in [-0.25, -0.2) is 9.97 Å². The number of rotatable bonds is 4. The second-order valence-corrected chi connectivity index (χ2v) is 5.82. The lowest BCUT2D eigenvalue weighted by molar-refractivity contribution is 0.0550. The molecule has 25 heavy (non-hydrogen) atoms. The van der Waals surface area contributed by atoms with Gasteiger partial charge in [0.05, 0.1) is 25.3 Å². The number of aromatic nitrogens is 3. The Morgan fingerprint density at radius 1 is 1.36 bits per heavy atom. The Morgan fingerprint density at radius 3 is 3.12 bits per heavy atom. The number of amides is 1. The van der Waals surface area contributed by atoms with Gasteiger partial charge in [0.25, 0.3) is 5.91 Å². The molecule has 3 aromatic rings. The molecule has 0 aliphatic carbocycles. The molecule has 2 aromatic heterocycles. The standard InChI is InChI=1S/C18H18N4O3/c1-24-15-7-3-2-5-13(15)18(23)20-9-12-10-25-11-16-21-14-6-4-8-19-17(14)22(12)16/h2-8,12H,9-11H2,1H3,(H,20,23)/t12-/m0/s1. The van der Waals surface area contributed by atoms with Crippen molar-refractivity contribution in [3.8, 4) is 5.75 Å². The van der Waals surface area contributed by atoms with Crippen molar-refractivity contribution in [2.75, 3.05) is 20.3 Å². The summed E-state index contributed by atoms with van der Waals surface area (Å²) >= 11 is 0. The lowest BCUT2D eigenvalue weighted by Crippen LogP contribution is -2.36. The first-order valence-electron chi connectivity index (χ1n) is 8.08. The number of nitrogens with zero attached hydrogens (tertiary/aromatic N) is 3. The summed E-state index contributed by atoms with van der Waals surface area (Å²) in [6, 6.07) is 10.9. The van der Waals surface area contributed by atoms with Crippen molar-refractivity contribution in [3.05, 3.63) is 54.0 Å². The number of carbonyl (C=O) groups is 1. The van der Waals surface area contributed by atoms with Crippen LogP contribution in [0.1, 0.15) is 22.2 Å². The van der Waals surface area contributed by atoms with Crippen LogP contribution in [0.15, 0.2) is 42.6 Å². The van der Waals surface area contributed by atoms with Gasteiger partial charge in [-0.05, 0) is 24.3 Å². The highest BCUT2D eigenvalue weighted by Gasteiger charge is 2.25. The summed E-state index contributed by atoms with van der Waals surface area (Å²) in [7, 11) is 1.55. The molecule has 1 atom stereocenters. The number of pyridine rings is 1. The van der Waals surface area contributed by atoms with E-state index >= 15 is 0 Å². The fourth-order valence-corrected chi connectivity index (χ4v) is 3.11. The maximum atomic E-state index is 12.5. The molecule has 4 rings (SSSR count). The maximum absolute atomic E-state index is 12.5. The third-order valence-corrected chi connectivity index (χ3v) is 4.28. The summed E-state index contributed by atoms with van der Waals surface area (Å²) in [6.07, 6.45) is 1.75. The van der Waals surface area contributed by atoms with Gasteiger partial charge in [0.1, 0.15) is 23.7 Å². The van der Waals surface area contributed by atoms with Gasteiger partial charge in [0.15, 0.2) is 5.65 Å². The quantitative estimate of drug-likeness (QED) is 0.786. The molecule has 1 aliphatic rings. The molecule has 0 saturated carbocycles. The fourth-order valence-electron chi connectivity index (χ4n) is 3.11. The second kappa shape index (κ2) is 6.52. The largest absolute Gasteiger partial charge is 0.496 e. The number of fused-ring (bicyclic) bond motifs is 3. The van der Waals surface area contributed by atoms with Gasteiger partial charge in [-0.15, -0.1) is 0 Å². The zero-order valence-corrected chi connectivity index (χ0v) is 13.8. The predicted molar refractivity (Wildman–Crippen MR) is 91.5 cm³/mol. The summed E-state index contributed by atoms with van der Waals surface area (Å²) in [6.45, 7) is 1.38. The van der Waals surface area contributed by atoms with Crippen LogP contribution in [0, 0.1) is 0 Å². The number of para-hydroxylation sites is 1. The molecule has 1 amide bonds. The van der Waals surface area contributed by atoms with E-state index in [0.717, 1.165) is 17.0 Å². The van der Waals surface area contributed by atoms with Crippen LogP contribution < -0.4 is 10.1 Å². The average Bonchev–Trinajstić information content (AvgIpc) is 3.05. The molecule has 0 fully saturated rings. The number of hydrogen-bond donors (Lipinski definition) is 1. The van der Waals surface area contributed by atoms with E-state index in [1.807, 2.05) is 24.3 Å². The van der Waals surface area contributed by atoms with Gasteiger partial charge in [-0.2, -0.15) is 0 Å². The molecule has 128 valence electrons. The minimum absolute atomic E-state index is 0.0534. The Hall–Kier alpha value is -2.93. The Balaban J connectivity index is 1.56. The van der Waals surface area contributed by atoms with Crippen LogP contribution in [0.2, 0.25) is 0 Å². The first-order chi connectivity index (χ1) is 12.3. The fraction of sp³-hybridized carbons (Fsp3) is 0.278. The van der Waals surface area contributed by atoms with Gasteiger partial charge < -0.3 is 19.4 Å². The minimum atomic E-state index is -0.179. The maximum Gasteiger partial charge on any atom is 0.255 e. The molecule has 1 aliphatic heterocycles. The topological polar surface area (TPSA) is 78.3 Å². The van der Waals surface area contributed by atoms with Crippen LogP contribution in [0.25, 0.3) is 11.2 Å². The van der Waals surface area contributed by atoms with E-state index < -0.39 is 0 Å². The normalized spacial score (nSPS) is 16.4. The van der Waals surface area contributed by atoms with E-state index in [-0.39, 0.29) is 11.9 Å². The van der Waals surface area contributed by atoms with Crippen molar-refractivity contribution in [1.82, 2.24) is 19.9 Å². The van der Waals surface area contributed by atoms with Crippen LogP contribution in [-0.4, -0.2) is 40.7 Å². The number of ether oxygens (including phenoxy) is 2. The highest BCUT2D eigenvalue weighted by atomic mass is 16.5. The van der Waals surface area contributed by atoms with Crippen LogP contribution in [0.5, 0.6) is 5.75 Å². The monoisotopic (exact) mass is 338 g/mol. The van der Waals surface area contributed by atoms with Crippen LogP contribution in [0.4, 0.5) is 0 Å². The number of methoxy groups -OCH3 is 1. The van der Waals surface area contributed by atoms with Gasteiger partial charge in [-0.1, -0.05) is 12.1 Å². The molecule has 0 spiro atoms. The molecule has 3 heterocycles. The van der Waals surface area contributed by atoms with Gasteiger partial charge in [-0.3, -0.25) is 4.79 Å². The third-order valence-electron chi connectivity index (χ3n) is 4.28. The lowest BCUT2D eigenvalue weighted by atomic mass is 10.2. The van der Waals surface area contributed by atoms with Gasteiger partial charge >= 0.3 is 0 Å². The number of benzene rings is 1. The van der Waals surface area contributed by atoms with Crippen molar-refractivity contribution in [2.45, 2.75) is 12.6 Å². The molecular formula is C18H18N4O3. The highest BCUT2D eigenvalue weighted by molar-refractivity contribution is 5.96. The molecule has 1 aromatic carbocycles. The van der Waals surface area contributed by atoms with Crippen molar-refractivity contribution < 1.29 is 14.3 Å². The van der Waals surface area contributed by atoms with Gasteiger partial charge in [0, 0.05) is 12.7 Å². The van der Waals surface area contributed by atoms with Crippen molar-refractivity contribution in [1.29, 1.82) is 0 Å². The second-order valence-electron chi connectivity index (χ2n) is 5.82. The van der Waals surface area contributed by atoms with Crippen molar-refractivity contribution in [2.24, 2.45) is 0 Å². The van der Waals surface area contributed by atoms with E-state index in [9.17, 15) is 4.79 Å². The number of nitrogens with one attached hydrogen (secondary N) is 1. The molecule has 0 saturated heterocycles. The van der Waals surface area contributed by atoms with E-state index in [1.54, 1.807) is 25.4 Å². The Morgan fingerprint density at radius 2 is 2.24 bits per heavy atom. The van der Waals surface area contributed by atoms with Crippen molar-refractivity contribution >= 4 is 17.1 Å². The Bertz CT molecular complexity index is 922. The van der Waals surface area contributed by atoms with Gasteiger partial charge in [0.2, 0.25) is 0 Å². The zero-order valence-electron chi connectivity index (χ0n) is 13.8. The molecule has 0 unspecified atom stereocenters. The summed E-state index contributed by atoms with van der Waals surface area (Å²) < 4.78 is 12.9. The predicted octanol–water partition coefficient (Wildman–Crippen LogP) is 1.94. The van der Waals surface area contributed by atoms with E-state index in [0.29, 0.717) is 31.1 Å². The summed E-state index contributed by atoms with van der Waals surface area (Å²) in [5.74, 6) is 1.20. The first kappa shape index (κ1) is 15.6. The number of hydrogen-bond acceptors (Lipinski definition) is 5. The van der Waals surface area contributed by atoms with Crippen LogP contribution in [0.3, 0.4) is 0 Å². The minimum Gasteiger partial charge on any atom is -0.496 e. The highest BCUT2D eigenvalue weighted by Crippen LogP contribution is 2.24. The molecule has 0 bridgehead atoms. The molecule has 0 radical (unpaired) electrons. The van der Waals surface area contributed by atoms with E-state index in [1.165, 1.54) is 0 Å². The molecule has 7 heteroatoms. The summed E-state index contributed by atoms with van der Waals surface area (Å²) in [5.41, 5.74) is 2.16. The number of imidazole rings is 1. The SMILES string of the molecule is COc1ccccc1C(=O)NC[C@H]1COCc2nc3cccnc3n21. The van der Waals surface area contributed by atoms with E-state index in [4.69, 9.17) is 9.47 Å². The summed E-state index contributed by atoms with van der Waals surface area (Å²) in [4.78, 5) is 21.5. The summed E-state index contributed by atoms with van der Waals surface area (Å²) in [5, 5.41) is 2.96. The average molecular weight is 338 g/mol. The Labute approximate surface area is 144 Å². The van der Waals surface area contributed by atoms with E-state index in [2.05, 4.69) is 19.9 Å². The van der Waals surface area contributed by atoms with Crippen molar-refractivity contribution in [3.63, 3.8) is 0 Å². The molecule has 1 N–H and O–H groups in total.